The van der Waals surface area contributed by atoms with Gasteiger partial charge in [0.05, 0.1) is 0 Å². The van der Waals surface area contributed by atoms with Crippen LogP contribution in [-0.4, -0.2) is 37.2 Å². The molecule has 0 spiro atoms. The van der Waals surface area contributed by atoms with Gasteiger partial charge in [0.1, 0.15) is 13.2 Å². The highest BCUT2D eigenvalue weighted by Gasteiger charge is 2.19. The topological polar surface area (TPSA) is 78.9 Å². The Kier molecular flexibility index (Phi) is 58.6. The summed E-state index contributed by atoms with van der Waals surface area (Å²) in [7, 11) is 0. The summed E-state index contributed by atoms with van der Waals surface area (Å²) in [5.74, 6) is -0.857. The molecule has 0 aromatic heterocycles. The van der Waals surface area contributed by atoms with E-state index in [4.69, 9.17) is 14.2 Å². The Morgan fingerprint density at radius 1 is 0.268 bits per heavy atom. The van der Waals surface area contributed by atoms with Crippen molar-refractivity contribution in [2.24, 2.45) is 0 Å². The van der Waals surface area contributed by atoms with Gasteiger partial charge in [-0.05, 0) is 70.6 Å². The number of hydrogen-bond donors (Lipinski definition) is 0. The van der Waals surface area contributed by atoms with E-state index in [-0.39, 0.29) is 31.1 Å². The summed E-state index contributed by atoms with van der Waals surface area (Å²) >= 11 is 0. The fourth-order valence-electron chi connectivity index (χ4n) is 9.61. The standard InChI is InChI=1S/C65H122O6/c1-4-7-10-13-16-19-22-25-28-31-33-35-37-40-43-46-49-52-55-58-64(67)70-61-62(60-69-63(66)57-54-51-48-45-42-39-36-30-27-24-21-18-15-12-9-6-3)71-65(68)59-56-53-50-47-44-41-38-34-32-29-26-23-20-17-14-11-8-5-2/h30-31,33,36,62H,4-29,32,34-35,37-61H2,1-3H3/b33-31-,36-30-/t62-/m1/s1. The van der Waals surface area contributed by atoms with Crippen molar-refractivity contribution in [3.05, 3.63) is 24.3 Å². The van der Waals surface area contributed by atoms with Crippen LogP contribution in [-0.2, 0) is 28.6 Å². The van der Waals surface area contributed by atoms with Gasteiger partial charge in [-0.2, -0.15) is 0 Å². The van der Waals surface area contributed by atoms with E-state index in [9.17, 15) is 14.4 Å². The summed E-state index contributed by atoms with van der Waals surface area (Å²) in [5.41, 5.74) is 0. The molecule has 0 N–H and O–H groups in total. The molecule has 0 heterocycles. The second-order valence-electron chi connectivity index (χ2n) is 21.7. The number of unbranched alkanes of at least 4 members (excludes halogenated alkanes) is 44. The maximum absolute atomic E-state index is 12.9. The number of carbonyl (C=O) groups excluding carboxylic acids is 3. The molecule has 0 fully saturated rings. The van der Waals surface area contributed by atoms with Crippen LogP contribution >= 0.6 is 0 Å². The molecule has 0 aliphatic carbocycles. The lowest BCUT2D eigenvalue weighted by Gasteiger charge is -2.18. The summed E-state index contributed by atoms with van der Waals surface area (Å²) in [6.07, 6.45) is 71.8. The van der Waals surface area contributed by atoms with Crippen molar-refractivity contribution < 1.29 is 28.6 Å². The van der Waals surface area contributed by atoms with Crippen molar-refractivity contribution in [2.75, 3.05) is 13.2 Å². The molecule has 0 amide bonds. The van der Waals surface area contributed by atoms with Crippen molar-refractivity contribution in [1.82, 2.24) is 0 Å². The normalized spacial score (nSPS) is 12.1. The quantitative estimate of drug-likeness (QED) is 0.0261. The number of hydrogen-bond acceptors (Lipinski definition) is 6. The minimum absolute atomic E-state index is 0.0714. The number of ether oxygens (including phenoxy) is 3. The first-order chi connectivity index (χ1) is 35.0. The third-order valence-corrected chi connectivity index (χ3v) is 14.4. The molecule has 0 bridgehead atoms. The Balaban J connectivity index is 4.33. The van der Waals surface area contributed by atoms with Crippen molar-refractivity contribution >= 4 is 17.9 Å². The van der Waals surface area contributed by atoms with Crippen LogP contribution in [0.3, 0.4) is 0 Å². The highest BCUT2D eigenvalue weighted by molar-refractivity contribution is 5.71. The van der Waals surface area contributed by atoms with Crippen LogP contribution in [0.5, 0.6) is 0 Å². The van der Waals surface area contributed by atoms with E-state index >= 15 is 0 Å². The van der Waals surface area contributed by atoms with Crippen LogP contribution in [0.15, 0.2) is 24.3 Å². The van der Waals surface area contributed by atoms with Gasteiger partial charge < -0.3 is 14.2 Å². The van der Waals surface area contributed by atoms with Crippen LogP contribution in [0.1, 0.15) is 355 Å². The van der Waals surface area contributed by atoms with Gasteiger partial charge in [-0.25, -0.2) is 0 Å². The minimum atomic E-state index is -0.773. The SMILES string of the molecule is CCCCCCCCC/C=C\CCCCCCCC(=O)OC[C@H](COC(=O)CCCCCCCCC/C=C\CCCCCCCCCC)OC(=O)CCCCCCCCCCCCCCCCCCCC. The Labute approximate surface area is 443 Å². The van der Waals surface area contributed by atoms with Gasteiger partial charge in [0.2, 0.25) is 0 Å². The molecule has 6 heteroatoms. The molecular weight excluding hydrogens is 877 g/mol. The monoisotopic (exact) mass is 999 g/mol. The summed E-state index contributed by atoms with van der Waals surface area (Å²) in [5, 5.41) is 0. The van der Waals surface area contributed by atoms with Crippen LogP contribution in [0.25, 0.3) is 0 Å². The zero-order chi connectivity index (χ0) is 51.4. The van der Waals surface area contributed by atoms with Gasteiger partial charge in [-0.15, -0.1) is 0 Å². The number of esters is 3. The Morgan fingerprint density at radius 2 is 0.465 bits per heavy atom. The van der Waals surface area contributed by atoms with Crippen molar-refractivity contribution in [3.8, 4) is 0 Å². The van der Waals surface area contributed by atoms with E-state index in [1.807, 2.05) is 0 Å². The minimum Gasteiger partial charge on any atom is -0.462 e. The molecule has 0 aromatic carbocycles. The molecule has 0 saturated heterocycles. The molecular formula is C65H122O6. The first-order valence-electron chi connectivity index (χ1n) is 31.8. The lowest BCUT2D eigenvalue weighted by molar-refractivity contribution is -0.167. The van der Waals surface area contributed by atoms with E-state index in [0.29, 0.717) is 19.3 Å². The third-order valence-electron chi connectivity index (χ3n) is 14.4. The predicted octanol–water partition coefficient (Wildman–Crippen LogP) is 21.4. The van der Waals surface area contributed by atoms with Gasteiger partial charge in [-0.3, -0.25) is 14.4 Å². The van der Waals surface area contributed by atoms with Crippen molar-refractivity contribution in [2.45, 2.75) is 361 Å². The van der Waals surface area contributed by atoms with Crippen LogP contribution in [0.4, 0.5) is 0 Å². The van der Waals surface area contributed by atoms with Crippen LogP contribution < -0.4 is 0 Å². The lowest BCUT2D eigenvalue weighted by Crippen LogP contribution is -2.30. The molecule has 0 rings (SSSR count). The smallest absolute Gasteiger partial charge is 0.306 e. The van der Waals surface area contributed by atoms with Crippen molar-refractivity contribution in [1.29, 1.82) is 0 Å². The van der Waals surface area contributed by atoms with E-state index in [2.05, 4.69) is 45.1 Å². The highest BCUT2D eigenvalue weighted by atomic mass is 16.6. The third kappa shape index (κ3) is 58.7. The Morgan fingerprint density at radius 3 is 0.704 bits per heavy atom. The molecule has 0 aromatic rings. The summed E-state index contributed by atoms with van der Waals surface area (Å²) < 4.78 is 16.9. The molecule has 0 aliphatic rings. The molecule has 0 aliphatic heterocycles. The number of allylic oxidation sites excluding steroid dienone is 4. The Bertz CT molecular complexity index is 1150. The summed E-state index contributed by atoms with van der Waals surface area (Å²) in [6.45, 7) is 6.69. The zero-order valence-electron chi connectivity index (χ0n) is 48.0. The summed E-state index contributed by atoms with van der Waals surface area (Å²) in [4.78, 5) is 38.3. The molecule has 6 nitrogen and oxygen atoms in total. The first-order valence-corrected chi connectivity index (χ1v) is 31.8. The maximum Gasteiger partial charge on any atom is 0.306 e. The van der Waals surface area contributed by atoms with Gasteiger partial charge in [0, 0.05) is 19.3 Å². The van der Waals surface area contributed by atoms with Crippen LogP contribution in [0.2, 0.25) is 0 Å². The van der Waals surface area contributed by atoms with Gasteiger partial charge in [0.25, 0.3) is 0 Å². The Hall–Kier alpha value is -2.11. The van der Waals surface area contributed by atoms with Gasteiger partial charge in [0.15, 0.2) is 6.10 Å². The van der Waals surface area contributed by atoms with Crippen LogP contribution in [0, 0.1) is 0 Å². The summed E-state index contributed by atoms with van der Waals surface area (Å²) in [6, 6.07) is 0. The first kappa shape index (κ1) is 68.9. The molecule has 71 heavy (non-hydrogen) atoms. The molecule has 1 atom stereocenters. The van der Waals surface area contributed by atoms with E-state index in [1.165, 1.54) is 250 Å². The predicted molar refractivity (Wildman–Crippen MR) is 307 cm³/mol. The second kappa shape index (κ2) is 60.4. The number of carbonyl (C=O) groups is 3. The van der Waals surface area contributed by atoms with E-state index < -0.39 is 6.10 Å². The highest BCUT2D eigenvalue weighted by Crippen LogP contribution is 2.17. The lowest BCUT2D eigenvalue weighted by atomic mass is 10.0. The molecule has 0 radical (unpaired) electrons. The maximum atomic E-state index is 12.9. The molecule has 0 unspecified atom stereocenters. The average molecular weight is 1000 g/mol. The van der Waals surface area contributed by atoms with Gasteiger partial charge >= 0.3 is 17.9 Å². The average Bonchev–Trinajstić information content (AvgIpc) is 3.37. The largest absolute Gasteiger partial charge is 0.462 e. The molecule has 0 saturated carbocycles. The second-order valence-corrected chi connectivity index (χ2v) is 21.7. The fraction of sp³-hybridized carbons (Fsp3) is 0.892. The van der Waals surface area contributed by atoms with Crippen molar-refractivity contribution in [3.63, 3.8) is 0 Å². The zero-order valence-corrected chi connectivity index (χ0v) is 48.0. The van der Waals surface area contributed by atoms with E-state index in [0.717, 1.165) is 64.2 Å². The molecule has 418 valence electrons. The van der Waals surface area contributed by atoms with Gasteiger partial charge in [-0.1, -0.05) is 289 Å². The number of rotatable bonds is 59. The fourth-order valence-corrected chi connectivity index (χ4v) is 9.61. The van der Waals surface area contributed by atoms with E-state index in [1.54, 1.807) is 0 Å².